The van der Waals surface area contributed by atoms with E-state index in [1.807, 2.05) is 24.3 Å². The Kier molecular flexibility index (Phi) is 7.28. The van der Waals surface area contributed by atoms with Crippen LogP contribution in [0.5, 0.6) is 0 Å². The van der Waals surface area contributed by atoms with Crippen molar-refractivity contribution in [1.82, 2.24) is 0 Å². The third-order valence-electron chi connectivity index (χ3n) is 5.34. The largest absolute Gasteiger partial charge is 0.490 e. The van der Waals surface area contributed by atoms with Crippen LogP contribution in [0.4, 0.5) is 0 Å². The molecule has 0 aromatic heterocycles. The van der Waals surface area contributed by atoms with Crippen LogP contribution in [0, 0.1) is 0 Å². The number of ether oxygens (including phenoxy) is 1. The first-order valence-electron chi connectivity index (χ1n) is 9.55. The van der Waals surface area contributed by atoms with Crippen molar-refractivity contribution in [3.8, 4) is 0 Å². The van der Waals surface area contributed by atoms with Crippen molar-refractivity contribution >= 4 is 7.12 Å². The molecule has 0 spiro atoms. The first-order valence-corrected chi connectivity index (χ1v) is 9.55. The SMILES string of the molecule is C=CCCCC(CC(=C)B1OC(C)(C)C(C)(C)O1)OCc1ccccc1. The molecule has 2 rings (SSSR count). The fraction of sp³-hybridized carbons (Fsp3) is 0.545. The maximum atomic E-state index is 6.20. The van der Waals surface area contributed by atoms with E-state index in [4.69, 9.17) is 14.0 Å². The first kappa shape index (κ1) is 21.0. The maximum Gasteiger partial charge on any atom is 0.490 e. The van der Waals surface area contributed by atoms with Crippen molar-refractivity contribution in [1.29, 1.82) is 0 Å². The van der Waals surface area contributed by atoms with Gasteiger partial charge in [0.2, 0.25) is 0 Å². The number of hydrogen-bond donors (Lipinski definition) is 0. The fourth-order valence-corrected chi connectivity index (χ4v) is 2.92. The second-order valence-electron chi connectivity index (χ2n) is 8.09. The second-order valence-corrected chi connectivity index (χ2v) is 8.09. The van der Waals surface area contributed by atoms with E-state index in [2.05, 4.69) is 53.0 Å². The van der Waals surface area contributed by atoms with Crippen molar-refractivity contribution in [2.45, 2.75) is 77.3 Å². The first-order chi connectivity index (χ1) is 12.2. The van der Waals surface area contributed by atoms with Gasteiger partial charge in [-0.1, -0.05) is 36.4 Å². The van der Waals surface area contributed by atoms with E-state index in [1.54, 1.807) is 0 Å². The standard InChI is InChI=1S/C22H33BO3/c1-7-8-10-15-20(24-17-19-13-11-9-12-14-19)16-18(2)23-25-21(3,4)22(5,6)26-23/h7,9,11-14,20H,1-2,8,10,15-17H2,3-6H3. The van der Waals surface area contributed by atoms with Gasteiger partial charge in [-0.25, -0.2) is 0 Å². The highest BCUT2D eigenvalue weighted by Gasteiger charge is 2.52. The van der Waals surface area contributed by atoms with E-state index >= 15 is 0 Å². The summed E-state index contributed by atoms with van der Waals surface area (Å²) in [6.07, 6.45) is 5.81. The lowest BCUT2D eigenvalue weighted by Crippen LogP contribution is -2.41. The smallest absolute Gasteiger partial charge is 0.400 e. The molecular formula is C22H33BO3. The predicted molar refractivity (Wildman–Crippen MR) is 109 cm³/mol. The van der Waals surface area contributed by atoms with Crippen LogP contribution < -0.4 is 0 Å². The number of hydrogen-bond acceptors (Lipinski definition) is 3. The molecule has 4 heteroatoms. The fourth-order valence-electron chi connectivity index (χ4n) is 2.92. The predicted octanol–water partition coefficient (Wildman–Crippen LogP) is 5.51. The van der Waals surface area contributed by atoms with Gasteiger partial charge in [-0.3, -0.25) is 0 Å². The molecule has 1 atom stereocenters. The third-order valence-corrected chi connectivity index (χ3v) is 5.34. The summed E-state index contributed by atoms with van der Waals surface area (Å²) in [4.78, 5) is 0. The van der Waals surface area contributed by atoms with E-state index < -0.39 is 0 Å². The molecule has 1 heterocycles. The van der Waals surface area contributed by atoms with E-state index in [-0.39, 0.29) is 24.4 Å². The molecule has 3 nitrogen and oxygen atoms in total. The molecule has 1 aliphatic rings. The minimum absolute atomic E-state index is 0.0988. The summed E-state index contributed by atoms with van der Waals surface area (Å²) in [5, 5.41) is 0. The molecule has 0 radical (unpaired) electrons. The highest BCUT2D eigenvalue weighted by Crippen LogP contribution is 2.39. The van der Waals surface area contributed by atoms with E-state index in [0.717, 1.165) is 31.2 Å². The summed E-state index contributed by atoms with van der Waals surface area (Å²) in [7, 11) is -0.373. The van der Waals surface area contributed by atoms with Crippen LogP contribution in [0.3, 0.4) is 0 Å². The summed E-state index contributed by atoms with van der Waals surface area (Å²) >= 11 is 0. The molecule has 0 aliphatic carbocycles. The van der Waals surface area contributed by atoms with Crippen molar-refractivity contribution < 1.29 is 14.0 Å². The van der Waals surface area contributed by atoms with Crippen molar-refractivity contribution in [3.63, 3.8) is 0 Å². The zero-order valence-corrected chi connectivity index (χ0v) is 16.8. The Morgan fingerprint density at radius 2 is 1.77 bits per heavy atom. The van der Waals surface area contributed by atoms with Gasteiger partial charge in [-0.2, -0.15) is 0 Å². The van der Waals surface area contributed by atoms with Crippen molar-refractivity contribution in [2.75, 3.05) is 0 Å². The van der Waals surface area contributed by atoms with Gasteiger partial charge >= 0.3 is 7.12 Å². The van der Waals surface area contributed by atoms with Gasteiger partial charge in [0.05, 0.1) is 23.9 Å². The van der Waals surface area contributed by atoms with Crippen molar-refractivity contribution in [2.24, 2.45) is 0 Å². The average Bonchev–Trinajstić information content (AvgIpc) is 2.81. The third kappa shape index (κ3) is 5.57. The quantitative estimate of drug-likeness (QED) is 0.314. The molecule has 1 fully saturated rings. The number of allylic oxidation sites excluding steroid dienone is 1. The van der Waals surface area contributed by atoms with Crippen LogP contribution in [-0.2, 0) is 20.7 Å². The molecule has 0 saturated carbocycles. The minimum atomic E-state index is -0.373. The summed E-state index contributed by atoms with van der Waals surface area (Å²) in [5.41, 5.74) is 1.44. The Morgan fingerprint density at radius 1 is 1.15 bits per heavy atom. The molecule has 142 valence electrons. The van der Waals surface area contributed by atoms with Crippen LogP contribution in [0.25, 0.3) is 0 Å². The molecule has 0 N–H and O–H groups in total. The van der Waals surface area contributed by atoms with Crippen LogP contribution in [-0.4, -0.2) is 24.4 Å². The molecule has 1 aromatic carbocycles. The second kappa shape index (κ2) is 9.03. The summed E-state index contributed by atoms with van der Waals surface area (Å²) < 4.78 is 18.4. The Labute approximate surface area is 159 Å². The van der Waals surface area contributed by atoms with Gasteiger partial charge in [-0.05, 0) is 64.4 Å². The zero-order valence-electron chi connectivity index (χ0n) is 16.8. The van der Waals surface area contributed by atoms with Crippen LogP contribution >= 0.6 is 0 Å². The summed E-state index contributed by atoms with van der Waals surface area (Å²) in [5.74, 6) is 0. The molecule has 1 aromatic rings. The summed E-state index contributed by atoms with van der Waals surface area (Å²) in [6.45, 7) is 16.9. The molecule has 1 unspecified atom stereocenters. The minimum Gasteiger partial charge on any atom is -0.400 e. The zero-order chi connectivity index (χ0) is 19.2. The maximum absolute atomic E-state index is 6.20. The topological polar surface area (TPSA) is 27.7 Å². The number of rotatable bonds is 10. The number of unbranched alkanes of at least 4 members (excludes halogenated alkanes) is 1. The van der Waals surface area contributed by atoms with E-state index in [1.165, 1.54) is 5.56 Å². The van der Waals surface area contributed by atoms with Crippen molar-refractivity contribution in [3.05, 3.63) is 60.6 Å². The molecule has 1 aliphatic heterocycles. The van der Waals surface area contributed by atoms with Crippen LogP contribution in [0.15, 0.2) is 55.0 Å². The van der Waals surface area contributed by atoms with Gasteiger partial charge in [-0.15, -0.1) is 13.2 Å². The van der Waals surface area contributed by atoms with Gasteiger partial charge in [0.15, 0.2) is 0 Å². The Bertz CT molecular complexity index is 579. The van der Waals surface area contributed by atoms with Gasteiger partial charge in [0, 0.05) is 0 Å². The molecule has 0 bridgehead atoms. The monoisotopic (exact) mass is 356 g/mol. The summed E-state index contributed by atoms with van der Waals surface area (Å²) in [6, 6.07) is 10.3. The molecule has 0 amide bonds. The Balaban J connectivity index is 1.94. The lowest BCUT2D eigenvalue weighted by molar-refractivity contribution is 0.00578. The Morgan fingerprint density at radius 3 is 2.35 bits per heavy atom. The lowest BCUT2D eigenvalue weighted by atomic mass is 9.76. The van der Waals surface area contributed by atoms with E-state index in [9.17, 15) is 0 Å². The average molecular weight is 356 g/mol. The number of benzene rings is 1. The highest BCUT2D eigenvalue weighted by atomic mass is 16.7. The van der Waals surface area contributed by atoms with Gasteiger partial charge in [0.1, 0.15) is 0 Å². The van der Waals surface area contributed by atoms with Crippen LogP contribution in [0.2, 0.25) is 0 Å². The highest BCUT2D eigenvalue weighted by molar-refractivity contribution is 6.54. The van der Waals surface area contributed by atoms with Gasteiger partial charge < -0.3 is 14.0 Å². The normalized spacial score (nSPS) is 19.3. The van der Waals surface area contributed by atoms with Gasteiger partial charge in [0.25, 0.3) is 0 Å². The van der Waals surface area contributed by atoms with E-state index in [0.29, 0.717) is 6.61 Å². The van der Waals surface area contributed by atoms with Crippen LogP contribution in [0.1, 0.15) is 58.9 Å². The molecule has 1 saturated heterocycles. The molecule has 26 heavy (non-hydrogen) atoms. The molecular weight excluding hydrogens is 323 g/mol. The lowest BCUT2D eigenvalue weighted by Gasteiger charge is -2.32. The Hall–Kier alpha value is -1.36.